The van der Waals surface area contributed by atoms with Crippen LogP contribution in [-0.4, -0.2) is 21.3 Å². The molecule has 4 nitrogen and oxygen atoms in total. The summed E-state index contributed by atoms with van der Waals surface area (Å²) in [6, 6.07) is 1.62. The number of benzene rings is 1. The Morgan fingerprint density at radius 3 is 2.00 bits per heavy atom. The molecule has 1 aromatic rings. The number of ether oxygens (including phenoxy) is 2. The first-order valence-corrected chi connectivity index (χ1v) is 5.54. The predicted octanol–water partition coefficient (Wildman–Crippen LogP) is 3.11. The number of hydrogen-bond donors (Lipinski definition) is 2. The van der Waals surface area contributed by atoms with Crippen LogP contribution < -0.4 is 20.1 Å². The van der Waals surface area contributed by atoms with E-state index in [4.69, 9.17) is 32.7 Å². The summed E-state index contributed by atoms with van der Waals surface area (Å²) < 4.78 is 10.3. The second-order valence-electron chi connectivity index (χ2n) is 3.14. The first-order valence-electron chi connectivity index (χ1n) is 4.78. The molecule has 0 aromatic heterocycles. The molecule has 0 fully saturated rings. The summed E-state index contributed by atoms with van der Waals surface area (Å²) >= 11 is 12.3. The molecule has 1 aromatic carbocycles. The first kappa shape index (κ1) is 13.8. The fourth-order valence-electron chi connectivity index (χ4n) is 1.21. The Morgan fingerprint density at radius 1 is 1.18 bits per heavy atom. The number of anilines is 1. The molecule has 0 radical (unpaired) electrons. The number of hydrogen-bond acceptors (Lipinski definition) is 4. The van der Waals surface area contributed by atoms with Gasteiger partial charge in [-0.25, -0.2) is 0 Å². The van der Waals surface area contributed by atoms with Gasteiger partial charge in [-0.05, 0) is 0 Å². The van der Waals surface area contributed by atoms with Gasteiger partial charge < -0.3 is 20.1 Å². The maximum absolute atomic E-state index is 6.15. The summed E-state index contributed by atoms with van der Waals surface area (Å²) in [6.07, 6.45) is 0. The largest absolute Gasteiger partial charge is 0.495 e. The Labute approximate surface area is 110 Å². The van der Waals surface area contributed by atoms with Crippen LogP contribution in [0.25, 0.3) is 0 Å². The maximum Gasteiger partial charge on any atom is 0.143 e. The van der Waals surface area contributed by atoms with Gasteiger partial charge in [0.2, 0.25) is 0 Å². The molecule has 0 bridgehead atoms. The van der Waals surface area contributed by atoms with Gasteiger partial charge in [0, 0.05) is 13.1 Å². The maximum atomic E-state index is 6.15. The highest BCUT2D eigenvalue weighted by Crippen LogP contribution is 2.44. The Bertz CT molecular complexity index is 408. The van der Waals surface area contributed by atoms with Crippen molar-refractivity contribution in [1.82, 2.24) is 5.32 Å². The average molecular weight is 277 g/mol. The molecule has 0 spiro atoms. The van der Waals surface area contributed by atoms with Gasteiger partial charge in [0.25, 0.3) is 0 Å². The minimum absolute atomic E-state index is 0.370. The molecular formula is C11H14Cl2N2O2. The van der Waals surface area contributed by atoms with Crippen LogP contribution in [0.15, 0.2) is 18.5 Å². The minimum atomic E-state index is 0.370. The van der Waals surface area contributed by atoms with Crippen LogP contribution >= 0.6 is 23.2 Å². The van der Waals surface area contributed by atoms with Gasteiger partial charge in [-0.15, -0.1) is 0 Å². The molecular weight excluding hydrogens is 263 g/mol. The fraction of sp³-hybridized carbons (Fsp3) is 0.273. The molecule has 0 heterocycles. The van der Waals surface area contributed by atoms with E-state index in [9.17, 15) is 0 Å². The normalized spacial score (nSPS) is 9.71. The molecule has 0 saturated heterocycles. The van der Waals surface area contributed by atoms with Crippen molar-refractivity contribution in [2.45, 2.75) is 0 Å². The van der Waals surface area contributed by atoms with E-state index in [1.165, 1.54) is 14.2 Å². The summed E-state index contributed by atoms with van der Waals surface area (Å²) in [7, 11) is 4.77. The minimum Gasteiger partial charge on any atom is -0.495 e. The zero-order valence-corrected chi connectivity index (χ0v) is 11.4. The van der Waals surface area contributed by atoms with Crippen LogP contribution in [0.5, 0.6) is 11.5 Å². The van der Waals surface area contributed by atoms with Crippen LogP contribution in [0.2, 0.25) is 10.0 Å². The van der Waals surface area contributed by atoms with Crippen molar-refractivity contribution < 1.29 is 9.47 Å². The van der Waals surface area contributed by atoms with Crippen molar-refractivity contribution in [2.75, 3.05) is 26.6 Å². The predicted molar refractivity (Wildman–Crippen MR) is 71.4 cm³/mol. The molecule has 0 aliphatic heterocycles. The third-order valence-corrected chi connectivity index (χ3v) is 2.90. The smallest absolute Gasteiger partial charge is 0.143 e. The van der Waals surface area contributed by atoms with E-state index < -0.39 is 0 Å². The van der Waals surface area contributed by atoms with Crippen LogP contribution in [0, 0.1) is 0 Å². The lowest BCUT2D eigenvalue weighted by Gasteiger charge is -2.16. The van der Waals surface area contributed by atoms with Crippen LogP contribution in [0.4, 0.5) is 5.69 Å². The van der Waals surface area contributed by atoms with E-state index >= 15 is 0 Å². The Morgan fingerprint density at radius 2 is 1.65 bits per heavy atom. The Kier molecular flexibility index (Phi) is 4.78. The first-order chi connectivity index (χ1) is 8.04. The van der Waals surface area contributed by atoms with E-state index in [-0.39, 0.29) is 0 Å². The Hall–Kier alpha value is -1.26. The molecule has 0 atom stereocenters. The second kappa shape index (κ2) is 5.89. The van der Waals surface area contributed by atoms with Gasteiger partial charge >= 0.3 is 0 Å². The van der Waals surface area contributed by atoms with Crippen molar-refractivity contribution >= 4 is 28.9 Å². The van der Waals surface area contributed by atoms with Crippen molar-refractivity contribution in [3.8, 4) is 11.5 Å². The van der Waals surface area contributed by atoms with Gasteiger partial charge in [-0.3, -0.25) is 0 Å². The van der Waals surface area contributed by atoms with E-state index in [1.54, 1.807) is 13.1 Å². The highest BCUT2D eigenvalue weighted by Gasteiger charge is 2.17. The second-order valence-corrected chi connectivity index (χ2v) is 3.89. The topological polar surface area (TPSA) is 42.5 Å². The zero-order valence-electron chi connectivity index (χ0n) is 9.86. The number of nitrogens with one attached hydrogen (secondary N) is 2. The SMILES string of the molecule is C=C(NC)Nc1c(Cl)c(OC)cc(OC)c1Cl. The lowest BCUT2D eigenvalue weighted by Crippen LogP contribution is -2.13. The number of rotatable bonds is 5. The third-order valence-electron chi connectivity index (χ3n) is 2.15. The zero-order chi connectivity index (χ0) is 13.0. The van der Waals surface area contributed by atoms with Crippen molar-refractivity contribution in [1.29, 1.82) is 0 Å². The fourth-order valence-corrected chi connectivity index (χ4v) is 1.80. The quantitative estimate of drug-likeness (QED) is 0.867. The Balaban J connectivity index is 3.29. The van der Waals surface area contributed by atoms with Crippen LogP contribution in [0.3, 0.4) is 0 Å². The molecule has 0 aliphatic rings. The molecule has 94 valence electrons. The molecule has 0 aliphatic carbocycles. The van der Waals surface area contributed by atoms with Gasteiger partial charge in [-0.2, -0.15) is 0 Å². The number of methoxy groups -OCH3 is 2. The molecule has 6 heteroatoms. The highest BCUT2D eigenvalue weighted by atomic mass is 35.5. The van der Waals surface area contributed by atoms with E-state index in [1.807, 2.05) is 0 Å². The van der Waals surface area contributed by atoms with E-state index in [2.05, 4.69) is 17.2 Å². The third kappa shape index (κ3) is 2.90. The highest BCUT2D eigenvalue weighted by molar-refractivity contribution is 6.41. The molecule has 17 heavy (non-hydrogen) atoms. The number of halogens is 2. The summed E-state index contributed by atoms with van der Waals surface area (Å²) in [6.45, 7) is 3.74. The van der Waals surface area contributed by atoms with Gasteiger partial charge in [0.1, 0.15) is 21.5 Å². The van der Waals surface area contributed by atoms with Crippen molar-refractivity contribution in [2.24, 2.45) is 0 Å². The molecule has 0 saturated carbocycles. The molecule has 2 N–H and O–H groups in total. The van der Waals surface area contributed by atoms with Crippen molar-refractivity contribution in [3.63, 3.8) is 0 Å². The monoisotopic (exact) mass is 276 g/mol. The summed E-state index contributed by atoms with van der Waals surface area (Å²) in [5.74, 6) is 1.50. The van der Waals surface area contributed by atoms with Crippen molar-refractivity contribution in [3.05, 3.63) is 28.5 Å². The van der Waals surface area contributed by atoms with E-state index in [0.717, 1.165) is 0 Å². The van der Waals surface area contributed by atoms with Crippen LogP contribution in [0.1, 0.15) is 0 Å². The van der Waals surface area contributed by atoms with E-state index in [0.29, 0.717) is 33.1 Å². The summed E-state index contributed by atoms with van der Waals surface area (Å²) in [5.41, 5.74) is 0.490. The average Bonchev–Trinajstić information content (AvgIpc) is 2.34. The molecule has 1 rings (SSSR count). The van der Waals surface area contributed by atoms with Gasteiger partial charge in [0.05, 0.1) is 25.7 Å². The van der Waals surface area contributed by atoms with Gasteiger partial charge in [-0.1, -0.05) is 29.8 Å². The lowest BCUT2D eigenvalue weighted by molar-refractivity contribution is 0.395. The summed E-state index contributed by atoms with van der Waals surface area (Å²) in [5, 5.41) is 6.53. The lowest BCUT2D eigenvalue weighted by atomic mass is 10.2. The van der Waals surface area contributed by atoms with Gasteiger partial charge in [0.15, 0.2) is 0 Å². The molecule has 0 amide bonds. The standard InChI is InChI=1S/C11H14Cl2N2O2/c1-6(14-2)15-11-9(12)7(16-3)5-8(17-4)10(11)13/h5,14-15H,1H2,2-4H3. The summed E-state index contributed by atoms with van der Waals surface area (Å²) in [4.78, 5) is 0. The van der Waals surface area contributed by atoms with Crippen LogP contribution in [-0.2, 0) is 0 Å². The molecule has 0 unspecified atom stereocenters.